The minimum atomic E-state index is -3.73. The Hall–Kier alpha value is -4.98. The van der Waals surface area contributed by atoms with E-state index in [9.17, 15) is 18.0 Å². The molecule has 0 saturated heterocycles. The van der Waals surface area contributed by atoms with Crippen LogP contribution in [0, 0.1) is 11.6 Å². The van der Waals surface area contributed by atoms with Crippen LogP contribution in [0.25, 0.3) is 10.8 Å². The Kier molecular flexibility index (Phi) is 8.38. The second kappa shape index (κ2) is 12.3. The molecule has 4 aromatic rings. The van der Waals surface area contributed by atoms with E-state index in [2.05, 4.69) is 15.6 Å². The maximum atomic E-state index is 16.1. The summed E-state index contributed by atoms with van der Waals surface area (Å²) in [5.41, 5.74) is 6.56. The van der Waals surface area contributed by atoms with Crippen molar-refractivity contribution in [3.63, 3.8) is 0 Å². The highest BCUT2D eigenvalue weighted by Crippen LogP contribution is 2.38. The van der Waals surface area contributed by atoms with Gasteiger partial charge in [0.15, 0.2) is 9.84 Å². The smallest absolute Gasteiger partial charge is 0.411 e. The second-order valence-electron chi connectivity index (χ2n) is 11.8. The third kappa shape index (κ3) is 6.24. The number of sulfone groups is 1. The molecule has 47 heavy (non-hydrogen) atoms. The first-order valence-electron chi connectivity index (χ1n) is 14.9. The number of likely N-dealkylation sites (N-methyl/N-ethyl adjacent to an activating group) is 1. The predicted molar refractivity (Wildman–Crippen MR) is 172 cm³/mol. The first-order valence-corrected chi connectivity index (χ1v) is 16.4. The number of nitrogens with zero attached hydrogens (tertiary/aromatic N) is 2. The van der Waals surface area contributed by atoms with E-state index in [4.69, 9.17) is 15.2 Å². The molecule has 2 amide bonds. The lowest BCUT2D eigenvalue weighted by molar-refractivity contribution is -0.131. The monoisotopic (exact) mass is 665 g/mol. The Morgan fingerprint density at radius 1 is 1.06 bits per heavy atom. The molecule has 2 atom stereocenters. The van der Waals surface area contributed by atoms with Gasteiger partial charge in [-0.3, -0.25) is 10.1 Å². The quantitative estimate of drug-likeness (QED) is 0.250. The molecule has 246 valence electrons. The van der Waals surface area contributed by atoms with Crippen molar-refractivity contribution >= 4 is 49.8 Å². The fourth-order valence-corrected chi connectivity index (χ4v) is 7.60. The standard InChI is InChI=1S/C33H33F2N5O6S/c1-17-16-46-33(42)38-20-4-7-29(47(43,44)21-5-6-21)19(10-20)15-40(2)32(41)30(24-14-28(45-3)22(17)12-25(24)34)39-27-11-18-8-9-37-31(36)23(18)13-26(27)35/h4,7-14,17,21,30,39H,5-6,15-16H2,1-3H3,(H2,36,37)(H,38,42)/t17-,30+/m0/s1. The van der Waals surface area contributed by atoms with Gasteiger partial charge in [-0.2, -0.15) is 0 Å². The number of nitrogen functional groups attached to an aromatic ring is 1. The Morgan fingerprint density at radius 2 is 1.83 bits per heavy atom. The van der Waals surface area contributed by atoms with E-state index >= 15 is 8.78 Å². The van der Waals surface area contributed by atoms with Crippen LogP contribution in [0.15, 0.2) is 59.6 Å². The number of halogens is 2. The normalized spacial score (nSPS) is 19.0. The summed E-state index contributed by atoms with van der Waals surface area (Å²) in [6.07, 6.45) is 1.70. The number of rotatable bonds is 5. The summed E-state index contributed by atoms with van der Waals surface area (Å²) in [5.74, 6) is -2.44. The SMILES string of the molecule is COc1cc2c(F)cc1[C@@H](C)COC(=O)Nc1ccc(S(=O)(=O)C3CC3)c(c1)CN(C)C(=O)[C@@H]2Nc1cc2ccnc(N)c2cc1F. The van der Waals surface area contributed by atoms with E-state index in [0.29, 0.717) is 29.2 Å². The van der Waals surface area contributed by atoms with E-state index in [1.807, 2.05) is 0 Å². The first kappa shape index (κ1) is 32.0. The number of hydrogen-bond acceptors (Lipinski definition) is 9. The van der Waals surface area contributed by atoms with E-state index in [0.717, 1.165) is 0 Å². The van der Waals surface area contributed by atoms with Crippen molar-refractivity contribution < 1.29 is 36.3 Å². The number of aromatic nitrogens is 1. The molecule has 1 aliphatic carbocycles. The lowest BCUT2D eigenvalue weighted by Crippen LogP contribution is -2.36. The molecule has 1 aromatic heterocycles. The molecule has 3 aliphatic rings. The molecule has 4 bridgehead atoms. The summed E-state index contributed by atoms with van der Waals surface area (Å²) < 4.78 is 69.3. The number of methoxy groups -OCH3 is 1. The highest BCUT2D eigenvalue weighted by Gasteiger charge is 2.39. The molecular formula is C33H33F2N5O6S. The number of hydrogen-bond donors (Lipinski definition) is 3. The van der Waals surface area contributed by atoms with Crippen LogP contribution in [0.2, 0.25) is 0 Å². The average Bonchev–Trinajstić information content (AvgIpc) is 3.89. The van der Waals surface area contributed by atoms with Gasteiger partial charge in [-0.05, 0) is 72.3 Å². The van der Waals surface area contributed by atoms with Crippen LogP contribution in [0.5, 0.6) is 5.75 Å². The fourth-order valence-electron chi connectivity index (χ4n) is 5.74. The van der Waals surface area contributed by atoms with Gasteiger partial charge in [0.2, 0.25) is 5.91 Å². The third-order valence-corrected chi connectivity index (χ3v) is 10.8. The number of fused-ring (bicyclic) bond motifs is 10. The van der Waals surface area contributed by atoms with Gasteiger partial charge in [-0.25, -0.2) is 27.0 Å². The topological polar surface area (TPSA) is 153 Å². The van der Waals surface area contributed by atoms with Crippen LogP contribution >= 0.6 is 0 Å². The van der Waals surface area contributed by atoms with Crippen LogP contribution < -0.4 is 21.1 Å². The van der Waals surface area contributed by atoms with Crippen LogP contribution in [0.3, 0.4) is 0 Å². The molecule has 4 N–H and O–H groups in total. The summed E-state index contributed by atoms with van der Waals surface area (Å²) in [6, 6.07) is 9.63. The molecule has 2 aliphatic heterocycles. The molecule has 11 nitrogen and oxygen atoms in total. The van der Waals surface area contributed by atoms with Gasteiger partial charge in [0.25, 0.3) is 0 Å². The van der Waals surface area contributed by atoms with Gasteiger partial charge in [-0.15, -0.1) is 0 Å². The summed E-state index contributed by atoms with van der Waals surface area (Å²) in [5, 5.41) is 5.84. The van der Waals surface area contributed by atoms with Crippen LogP contribution in [-0.4, -0.2) is 56.3 Å². The minimum Gasteiger partial charge on any atom is -0.496 e. The first-order chi connectivity index (χ1) is 22.4. The highest BCUT2D eigenvalue weighted by atomic mass is 32.2. The maximum absolute atomic E-state index is 16.1. The van der Waals surface area contributed by atoms with Crippen molar-refractivity contribution in [3.8, 4) is 5.75 Å². The third-order valence-electron chi connectivity index (χ3n) is 8.45. The number of amides is 2. The predicted octanol–water partition coefficient (Wildman–Crippen LogP) is 5.52. The zero-order valence-electron chi connectivity index (χ0n) is 25.8. The molecular weight excluding hydrogens is 632 g/mol. The molecule has 0 unspecified atom stereocenters. The van der Waals surface area contributed by atoms with Crippen molar-refractivity contribution in [3.05, 3.63) is 83.1 Å². The zero-order valence-corrected chi connectivity index (χ0v) is 26.7. The number of anilines is 3. The summed E-state index contributed by atoms with van der Waals surface area (Å²) in [6.45, 7) is 1.33. The molecule has 0 spiro atoms. The summed E-state index contributed by atoms with van der Waals surface area (Å²) in [4.78, 5) is 32.2. The van der Waals surface area contributed by atoms with E-state index < -0.39 is 50.7 Å². The lowest BCUT2D eigenvalue weighted by atomic mass is 9.95. The largest absolute Gasteiger partial charge is 0.496 e. The van der Waals surface area contributed by atoms with Crippen molar-refractivity contribution in [2.75, 3.05) is 37.1 Å². The summed E-state index contributed by atoms with van der Waals surface area (Å²) >= 11 is 0. The van der Waals surface area contributed by atoms with Gasteiger partial charge in [-0.1, -0.05) is 6.92 Å². The Morgan fingerprint density at radius 3 is 2.55 bits per heavy atom. The van der Waals surface area contributed by atoms with Gasteiger partial charge in [0.1, 0.15) is 29.2 Å². The van der Waals surface area contributed by atoms with Gasteiger partial charge >= 0.3 is 6.09 Å². The van der Waals surface area contributed by atoms with Crippen LogP contribution in [0.4, 0.5) is 30.8 Å². The number of ether oxygens (including phenoxy) is 2. The number of pyridine rings is 1. The van der Waals surface area contributed by atoms with E-state index in [-0.39, 0.29) is 52.1 Å². The highest BCUT2D eigenvalue weighted by molar-refractivity contribution is 7.92. The second-order valence-corrected chi connectivity index (χ2v) is 14.0. The molecule has 1 saturated carbocycles. The van der Waals surface area contributed by atoms with Crippen molar-refractivity contribution in [2.24, 2.45) is 0 Å². The molecule has 14 heteroatoms. The van der Waals surface area contributed by atoms with E-state index in [1.54, 1.807) is 13.0 Å². The number of carbonyl (C=O) groups is 2. The van der Waals surface area contributed by atoms with Gasteiger partial charge in [0, 0.05) is 47.9 Å². The number of nitrogens with one attached hydrogen (secondary N) is 2. The van der Waals surface area contributed by atoms with E-state index in [1.165, 1.54) is 67.7 Å². The van der Waals surface area contributed by atoms with Gasteiger partial charge in [0.05, 0.1) is 29.5 Å². The number of nitrogens with two attached hydrogens (primary N) is 1. The van der Waals surface area contributed by atoms with Crippen molar-refractivity contribution in [1.82, 2.24) is 9.88 Å². The van der Waals surface area contributed by atoms with Crippen molar-refractivity contribution in [1.29, 1.82) is 0 Å². The lowest BCUT2D eigenvalue weighted by Gasteiger charge is -2.28. The minimum absolute atomic E-state index is 0.0155. The van der Waals surface area contributed by atoms with Crippen molar-refractivity contribution in [2.45, 2.75) is 48.4 Å². The maximum Gasteiger partial charge on any atom is 0.411 e. The zero-order chi connectivity index (χ0) is 33.6. The van der Waals surface area contributed by atoms with Crippen LogP contribution in [-0.2, 0) is 25.9 Å². The number of carbonyl (C=O) groups excluding carboxylic acids is 2. The Bertz CT molecular complexity index is 2020. The molecule has 1 fully saturated rings. The summed E-state index contributed by atoms with van der Waals surface area (Å²) in [7, 11) is -0.921. The Balaban J connectivity index is 1.49. The fraction of sp³-hybridized carbons (Fsp3) is 0.303. The molecule has 0 radical (unpaired) electrons. The molecule has 7 rings (SSSR count). The Labute approximate surface area is 270 Å². The number of benzene rings is 3. The van der Waals surface area contributed by atoms with Gasteiger partial charge < -0.3 is 25.4 Å². The van der Waals surface area contributed by atoms with Crippen LogP contribution in [0.1, 0.15) is 48.4 Å². The molecule has 3 heterocycles. The molecule has 3 aromatic carbocycles. The average molecular weight is 666 g/mol.